The van der Waals surface area contributed by atoms with Gasteiger partial charge in [0.25, 0.3) is 5.91 Å². The molecule has 2 N–H and O–H groups in total. The van der Waals surface area contributed by atoms with Crippen molar-refractivity contribution >= 4 is 5.91 Å². The van der Waals surface area contributed by atoms with Crippen LogP contribution in [0.3, 0.4) is 0 Å². The van der Waals surface area contributed by atoms with Gasteiger partial charge >= 0.3 is 0 Å². The van der Waals surface area contributed by atoms with Gasteiger partial charge in [-0.2, -0.15) is 0 Å². The summed E-state index contributed by atoms with van der Waals surface area (Å²) < 4.78 is 0. The molecule has 1 aromatic rings. The van der Waals surface area contributed by atoms with Crippen LogP contribution in [-0.2, 0) is 0 Å². The van der Waals surface area contributed by atoms with Crippen LogP contribution < -0.4 is 5.32 Å². The number of hydrogen-bond acceptors (Lipinski definition) is 4. The Morgan fingerprint density at radius 3 is 2.67 bits per heavy atom. The monoisotopic (exact) mass is 251 g/mol. The third-order valence-corrected chi connectivity index (χ3v) is 2.73. The summed E-state index contributed by atoms with van der Waals surface area (Å²) in [6.45, 7) is 4.87. The molecule has 0 bridgehead atoms. The van der Waals surface area contributed by atoms with E-state index in [-0.39, 0.29) is 23.3 Å². The molecule has 1 unspecified atom stereocenters. The Labute approximate surface area is 108 Å². The smallest absolute Gasteiger partial charge is 0.255 e. The molecule has 0 spiro atoms. The number of nitrogens with one attached hydrogen (secondary N) is 1. The van der Waals surface area contributed by atoms with Gasteiger partial charge in [0.05, 0.1) is 11.8 Å². The Morgan fingerprint density at radius 1 is 1.50 bits per heavy atom. The summed E-state index contributed by atoms with van der Waals surface area (Å²) in [6, 6.07) is 1.55. The van der Waals surface area contributed by atoms with Crippen LogP contribution in [0.5, 0.6) is 5.75 Å². The number of carbonyl (C=O) groups excluding carboxylic acids is 1. The molecule has 0 radical (unpaired) electrons. The zero-order valence-corrected chi connectivity index (χ0v) is 11.3. The molecule has 1 aromatic heterocycles. The molecular weight excluding hydrogens is 230 g/mol. The molecule has 100 valence electrons. The average Bonchev–Trinajstić information content (AvgIpc) is 2.27. The van der Waals surface area contributed by atoms with Crippen LogP contribution in [0.1, 0.15) is 24.2 Å². The van der Waals surface area contributed by atoms with E-state index in [4.69, 9.17) is 0 Å². The molecule has 0 aliphatic rings. The zero-order chi connectivity index (χ0) is 13.7. The van der Waals surface area contributed by atoms with Gasteiger partial charge in [-0.3, -0.25) is 9.78 Å². The van der Waals surface area contributed by atoms with Gasteiger partial charge in [0.2, 0.25) is 0 Å². The third kappa shape index (κ3) is 4.00. The van der Waals surface area contributed by atoms with Crippen LogP contribution in [0.15, 0.2) is 18.5 Å². The quantitative estimate of drug-likeness (QED) is 0.822. The topological polar surface area (TPSA) is 65.5 Å². The lowest BCUT2D eigenvalue weighted by molar-refractivity contribution is 0.0914. The minimum absolute atomic E-state index is 0.0417. The van der Waals surface area contributed by atoms with Gasteiger partial charge in [-0.25, -0.2) is 0 Å². The van der Waals surface area contributed by atoms with Gasteiger partial charge in [0.1, 0.15) is 5.75 Å². The van der Waals surface area contributed by atoms with Crippen LogP contribution in [-0.4, -0.2) is 47.6 Å². The summed E-state index contributed by atoms with van der Waals surface area (Å²) in [6.07, 6.45) is 2.76. The molecule has 0 saturated carbocycles. The number of amides is 1. The minimum atomic E-state index is -0.268. The predicted octanol–water partition coefficient (Wildman–Crippen LogP) is 1.10. The van der Waals surface area contributed by atoms with Crippen molar-refractivity contribution in [3.8, 4) is 5.75 Å². The van der Waals surface area contributed by atoms with Crippen molar-refractivity contribution in [1.29, 1.82) is 0 Å². The zero-order valence-electron chi connectivity index (χ0n) is 11.3. The normalized spacial score (nSPS) is 12.8. The highest BCUT2D eigenvalue weighted by Gasteiger charge is 2.19. The number of hydrogen-bond donors (Lipinski definition) is 2. The van der Waals surface area contributed by atoms with E-state index in [0.29, 0.717) is 5.92 Å². The summed E-state index contributed by atoms with van der Waals surface area (Å²) in [4.78, 5) is 17.8. The van der Waals surface area contributed by atoms with E-state index >= 15 is 0 Å². The van der Waals surface area contributed by atoms with Gasteiger partial charge in [-0.05, 0) is 26.1 Å². The standard InChI is InChI=1S/C13H21N3O2/c1-9(2)11(8-16(3)4)15-13(18)10-5-6-14-7-12(10)17/h5-7,9,11,17H,8H2,1-4H3,(H,15,18). The van der Waals surface area contributed by atoms with E-state index in [1.165, 1.54) is 18.5 Å². The van der Waals surface area contributed by atoms with Crippen molar-refractivity contribution < 1.29 is 9.90 Å². The Morgan fingerprint density at radius 2 is 2.17 bits per heavy atom. The van der Waals surface area contributed by atoms with Crippen molar-refractivity contribution in [3.05, 3.63) is 24.0 Å². The fraction of sp³-hybridized carbons (Fsp3) is 0.538. The first-order valence-electron chi connectivity index (χ1n) is 6.00. The average molecular weight is 251 g/mol. The number of likely N-dealkylation sites (N-methyl/N-ethyl adjacent to an activating group) is 1. The van der Waals surface area contributed by atoms with Crippen molar-refractivity contribution in [3.63, 3.8) is 0 Å². The first-order valence-corrected chi connectivity index (χ1v) is 6.00. The van der Waals surface area contributed by atoms with Gasteiger partial charge in [0.15, 0.2) is 0 Å². The highest BCUT2D eigenvalue weighted by atomic mass is 16.3. The molecule has 5 heteroatoms. The summed E-state index contributed by atoms with van der Waals surface area (Å²) in [5.74, 6) is -0.0434. The predicted molar refractivity (Wildman–Crippen MR) is 70.5 cm³/mol. The molecule has 0 fully saturated rings. The summed E-state index contributed by atoms with van der Waals surface area (Å²) in [7, 11) is 3.93. The molecule has 0 aliphatic carbocycles. The molecular formula is C13H21N3O2. The van der Waals surface area contributed by atoms with Gasteiger partial charge in [-0.1, -0.05) is 13.8 Å². The molecule has 1 heterocycles. The van der Waals surface area contributed by atoms with Crippen LogP contribution in [0, 0.1) is 5.92 Å². The Balaban J connectivity index is 2.76. The number of pyridine rings is 1. The fourth-order valence-electron chi connectivity index (χ4n) is 1.64. The van der Waals surface area contributed by atoms with Crippen molar-refractivity contribution in [2.75, 3.05) is 20.6 Å². The largest absolute Gasteiger partial charge is 0.505 e. The Kier molecular flexibility index (Phi) is 5.09. The van der Waals surface area contributed by atoms with E-state index in [9.17, 15) is 9.90 Å². The second-order valence-corrected chi connectivity index (χ2v) is 4.98. The Hall–Kier alpha value is -1.62. The number of carbonyl (C=O) groups is 1. The van der Waals surface area contributed by atoms with Gasteiger partial charge < -0.3 is 15.3 Å². The number of aromatic nitrogens is 1. The molecule has 0 saturated heterocycles. The van der Waals surface area contributed by atoms with Crippen molar-refractivity contribution in [2.24, 2.45) is 5.92 Å². The number of nitrogens with zero attached hydrogens (tertiary/aromatic N) is 2. The van der Waals surface area contributed by atoms with Crippen LogP contribution >= 0.6 is 0 Å². The maximum atomic E-state index is 12.0. The van der Waals surface area contributed by atoms with E-state index in [1.54, 1.807) is 0 Å². The van der Waals surface area contributed by atoms with Crippen LogP contribution in [0.4, 0.5) is 0 Å². The van der Waals surface area contributed by atoms with E-state index in [2.05, 4.69) is 24.1 Å². The highest BCUT2D eigenvalue weighted by molar-refractivity contribution is 5.96. The van der Waals surface area contributed by atoms with Crippen molar-refractivity contribution in [2.45, 2.75) is 19.9 Å². The summed E-state index contributed by atoms with van der Waals surface area (Å²) in [5, 5.41) is 12.5. The molecule has 1 atom stereocenters. The van der Waals surface area contributed by atoms with E-state index in [0.717, 1.165) is 6.54 Å². The van der Waals surface area contributed by atoms with Crippen LogP contribution in [0.25, 0.3) is 0 Å². The first-order chi connectivity index (χ1) is 8.41. The molecule has 5 nitrogen and oxygen atoms in total. The van der Waals surface area contributed by atoms with Crippen molar-refractivity contribution in [1.82, 2.24) is 15.2 Å². The lowest BCUT2D eigenvalue weighted by Crippen LogP contribution is -2.45. The van der Waals surface area contributed by atoms with Crippen LogP contribution in [0.2, 0.25) is 0 Å². The molecule has 18 heavy (non-hydrogen) atoms. The third-order valence-electron chi connectivity index (χ3n) is 2.73. The maximum absolute atomic E-state index is 12.0. The summed E-state index contributed by atoms with van der Waals surface area (Å²) >= 11 is 0. The number of rotatable bonds is 5. The molecule has 1 rings (SSSR count). The Bertz CT molecular complexity index is 405. The second kappa shape index (κ2) is 6.35. The van der Waals surface area contributed by atoms with Gasteiger partial charge in [0, 0.05) is 18.8 Å². The molecule has 0 aromatic carbocycles. The van der Waals surface area contributed by atoms with E-state index < -0.39 is 0 Å². The molecule has 1 amide bonds. The highest BCUT2D eigenvalue weighted by Crippen LogP contribution is 2.14. The minimum Gasteiger partial charge on any atom is -0.505 e. The lowest BCUT2D eigenvalue weighted by Gasteiger charge is -2.25. The maximum Gasteiger partial charge on any atom is 0.255 e. The number of aromatic hydroxyl groups is 1. The fourth-order valence-corrected chi connectivity index (χ4v) is 1.64. The first kappa shape index (κ1) is 14.4. The lowest BCUT2D eigenvalue weighted by atomic mass is 10.0. The van der Waals surface area contributed by atoms with E-state index in [1.807, 2.05) is 19.0 Å². The second-order valence-electron chi connectivity index (χ2n) is 4.98. The van der Waals surface area contributed by atoms with Gasteiger partial charge in [-0.15, -0.1) is 0 Å². The SMILES string of the molecule is CC(C)C(CN(C)C)NC(=O)c1ccncc1O. The summed E-state index contributed by atoms with van der Waals surface area (Å²) in [5.41, 5.74) is 0.259. The molecule has 0 aliphatic heterocycles.